The molecule has 2 aliphatic rings. The molecule has 4 amide bonds. The first-order valence-corrected chi connectivity index (χ1v) is 8.36. The second-order valence-electron chi connectivity index (χ2n) is 6.11. The van der Waals surface area contributed by atoms with E-state index >= 15 is 0 Å². The lowest BCUT2D eigenvalue weighted by Gasteiger charge is -2.33. The van der Waals surface area contributed by atoms with Gasteiger partial charge in [0.1, 0.15) is 6.10 Å². The van der Waals surface area contributed by atoms with E-state index in [0.717, 1.165) is 10.6 Å². The Morgan fingerprint density at radius 2 is 2.00 bits per heavy atom. The molecule has 2 aliphatic heterocycles. The van der Waals surface area contributed by atoms with Crippen LogP contribution in [0, 0.1) is 6.92 Å². The Morgan fingerprint density at radius 3 is 2.68 bits per heavy atom. The number of amides is 4. The van der Waals surface area contributed by atoms with Crippen molar-refractivity contribution in [2.75, 3.05) is 32.7 Å². The number of ether oxygens (including phenoxy) is 1. The molecule has 1 unspecified atom stereocenters. The van der Waals surface area contributed by atoms with Crippen molar-refractivity contribution < 1.29 is 19.1 Å². The van der Waals surface area contributed by atoms with Gasteiger partial charge in [-0.3, -0.25) is 14.5 Å². The van der Waals surface area contributed by atoms with Crippen molar-refractivity contribution in [3.63, 3.8) is 0 Å². The van der Waals surface area contributed by atoms with Crippen molar-refractivity contribution in [2.24, 2.45) is 0 Å². The normalized spacial score (nSPS) is 21.0. The number of urea groups is 1. The number of rotatable bonds is 3. The number of carbonyl (C=O) groups is 3. The molecule has 9 nitrogen and oxygen atoms in total. The Morgan fingerprint density at radius 1 is 1.20 bits per heavy atom. The number of likely N-dealkylation sites (tertiary alicyclic amines) is 1. The van der Waals surface area contributed by atoms with E-state index < -0.39 is 17.8 Å². The van der Waals surface area contributed by atoms with Gasteiger partial charge in [-0.15, -0.1) is 5.10 Å². The third-order valence-electron chi connectivity index (χ3n) is 4.40. The van der Waals surface area contributed by atoms with Crippen LogP contribution >= 0.6 is 0 Å². The van der Waals surface area contributed by atoms with Crippen LogP contribution in [0.5, 0.6) is 5.88 Å². The van der Waals surface area contributed by atoms with Crippen LogP contribution in [0.3, 0.4) is 0 Å². The van der Waals surface area contributed by atoms with E-state index in [-0.39, 0.29) is 12.6 Å². The first kappa shape index (κ1) is 17.1. The van der Waals surface area contributed by atoms with E-state index in [2.05, 4.69) is 10.2 Å². The van der Waals surface area contributed by atoms with E-state index in [1.165, 1.54) is 4.90 Å². The number of hydrogen-bond donors (Lipinski definition) is 0. The number of piperazine rings is 1. The Balaban J connectivity index is 1.58. The Bertz CT molecular complexity index is 678. The summed E-state index contributed by atoms with van der Waals surface area (Å²) in [5.41, 5.74) is 0.796. The maximum absolute atomic E-state index is 12.6. The van der Waals surface area contributed by atoms with E-state index in [1.807, 2.05) is 6.92 Å². The van der Waals surface area contributed by atoms with Gasteiger partial charge in [0.2, 0.25) is 5.88 Å². The first-order chi connectivity index (χ1) is 12.0. The number of aromatic nitrogens is 2. The first-order valence-electron chi connectivity index (χ1n) is 8.36. The van der Waals surface area contributed by atoms with Crippen LogP contribution in [0.4, 0.5) is 4.79 Å². The van der Waals surface area contributed by atoms with Crippen molar-refractivity contribution in [3.8, 4) is 5.88 Å². The van der Waals surface area contributed by atoms with Gasteiger partial charge in [0.15, 0.2) is 0 Å². The molecule has 0 radical (unpaired) electrons. The molecule has 0 bridgehead atoms. The number of hydrogen-bond acceptors (Lipinski definition) is 6. The predicted molar refractivity (Wildman–Crippen MR) is 86.7 cm³/mol. The van der Waals surface area contributed by atoms with Gasteiger partial charge >= 0.3 is 17.8 Å². The highest BCUT2D eigenvalue weighted by Gasteiger charge is 2.39. The van der Waals surface area contributed by atoms with Crippen LogP contribution in [-0.2, 0) is 9.59 Å². The lowest BCUT2D eigenvalue weighted by Crippen LogP contribution is -2.58. The Labute approximate surface area is 145 Å². The number of likely N-dealkylation sites (N-methyl/N-ethyl adjacent to an activating group) is 1. The molecule has 0 aromatic carbocycles. The summed E-state index contributed by atoms with van der Waals surface area (Å²) in [5, 5.41) is 7.88. The summed E-state index contributed by atoms with van der Waals surface area (Å²) in [4.78, 5) is 40.7. The number of aryl methyl sites for hydroxylation is 1. The largest absolute Gasteiger partial charge is 0.471 e. The van der Waals surface area contributed by atoms with Crippen molar-refractivity contribution in [1.82, 2.24) is 24.9 Å². The van der Waals surface area contributed by atoms with E-state index in [1.54, 1.807) is 24.0 Å². The molecule has 2 fully saturated rings. The average molecular weight is 347 g/mol. The quantitative estimate of drug-likeness (QED) is 0.717. The summed E-state index contributed by atoms with van der Waals surface area (Å²) in [6.45, 7) is 5.52. The molecule has 1 aromatic heterocycles. The fraction of sp³-hybridized carbons (Fsp3) is 0.562. The summed E-state index contributed by atoms with van der Waals surface area (Å²) >= 11 is 0. The molecule has 1 aromatic rings. The monoisotopic (exact) mass is 347 g/mol. The molecular formula is C16H21N5O4. The number of carbonyl (C=O) groups excluding carboxylic acids is 3. The second kappa shape index (κ2) is 7.04. The minimum atomic E-state index is -0.758. The van der Waals surface area contributed by atoms with Gasteiger partial charge in [0, 0.05) is 38.7 Å². The molecule has 0 aliphatic carbocycles. The molecule has 25 heavy (non-hydrogen) atoms. The van der Waals surface area contributed by atoms with Gasteiger partial charge in [-0.1, -0.05) is 0 Å². The zero-order chi connectivity index (χ0) is 18.0. The summed E-state index contributed by atoms with van der Waals surface area (Å²) in [7, 11) is 0. The Kier molecular flexibility index (Phi) is 4.82. The minimum absolute atomic E-state index is 0.205. The molecular weight excluding hydrogens is 326 g/mol. The average Bonchev–Trinajstić information content (AvgIpc) is 3.07. The predicted octanol–water partition coefficient (Wildman–Crippen LogP) is 0.0488. The van der Waals surface area contributed by atoms with Gasteiger partial charge in [0.05, 0.1) is 12.2 Å². The smallest absolute Gasteiger partial charge is 0.327 e. The highest BCUT2D eigenvalue weighted by atomic mass is 16.5. The van der Waals surface area contributed by atoms with Crippen LogP contribution in [0.1, 0.15) is 19.0 Å². The van der Waals surface area contributed by atoms with Crippen LogP contribution < -0.4 is 4.74 Å². The summed E-state index contributed by atoms with van der Waals surface area (Å²) in [6, 6.07) is 3.10. The van der Waals surface area contributed by atoms with Gasteiger partial charge in [-0.05, 0) is 19.9 Å². The third kappa shape index (κ3) is 3.54. The van der Waals surface area contributed by atoms with Gasteiger partial charge in [-0.25, -0.2) is 4.79 Å². The van der Waals surface area contributed by atoms with E-state index in [9.17, 15) is 14.4 Å². The number of nitrogens with zero attached hydrogens (tertiary/aromatic N) is 5. The summed E-state index contributed by atoms with van der Waals surface area (Å²) < 4.78 is 5.73. The van der Waals surface area contributed by atoms with Crippen LogP contribution in [0.15, 0.2) is 12.1 Å². The summed E-state index contributed by atoms with van der Waals surface area (Å²) in [6.07, 6.45) is 0.432. The van der Waals surface area contributed by atoms with Crippen molar-refractivity contribution >= 4 is 17.8 Å². The molecule has 1 atom stereocenters. The van der Waals surface area contributed by atoms with Crippen molar-refractivity contribution in [1.29, 1.82) is 0 Å². The molecule has 0 spiro atoms. The lowest BCUT2D eigenvalue weighted by atomic mass is 10.3. The van der Waals surface area contributed by atoms with Gasteiger partial charge in [-0.2, -0.15) is 5.10 Å². The van der Waals surface area contributed by atoms with Crippen LogP contribution in [0.2, 0.25) is 0 Å². The molecule has 134 valence electrons. The van der Waals surface area contributed by atoms with Crippen molar-refractivity contribution in [3.05, 3.63) is 17.8 Å². The van der Waals surface area contributed by atoms with Crippen LogP contribution in [-0.4, -0.2) is 81.6 Å². The SMILES string of the molecule is CCN1CCN(C(=O)N2CCC(Oc3ccc(C)nn3)C2)C(=O)C1=O. The van der Waals surface area contributed by atoms with Gasteiger partial charge < -0.3 is 14.5 Å². The molecule has 3 rings (SSSR count). The van der Waals surface area contributed by atoms with E-state index in [0.29, 0.717) is 38.5 Å². The topological polar surface area (TPSA) is 95.9 Å². The highest BCUT2D eigenvalue weighted by molar-refractivity contribution is 6.38. The van der Waals surface area contributed by atoms with Crippen molar-refractivity contribution in [2.45, 2.75) is 26.4 Å². The fourth-order valence-corrected chi connectivity index (χ4v) is 2.95. The second-order valence-corrected chi connectivity index (χ2v) is 6.11. The maximum atomic E-state index is 12.6. The fourth-order valence-electron chi connectivity index (χ4n) is 2.95. The summed E-state index contributed by atoms with van der Waals surface area (Å²) in [5.74, 6) is -0.969. The zero-order valence-corrected chi connectivity index (χ0v) is 14.3. The molecule has 2 saturated heterocycles. The number of imide groups is 1. The zero-order valence-electron chi connectivity index (χ0n) is 14.3. The molecule has 0 N–H and O–H groups in total. The van der Waals surface area contributed by atoms with Gasteiger partial charge in [0.25, 0.3) is 0 Å². The molecule has 3 heterocycles. The minimum Gasteiger partial charge on any atom is -0.471 e. The standard InChI is InChI=1S/C16H21N5O4/c1-3-19-8-9-21(15(23)14(19)22)16(24)20-7-6-12(10-20)25-13-5-4-11(2)17-18-13/h4-5,12H,3,6-10H2,1-2H3. The maximum Gasteiger partial charge on any atom is 0.327 e. The highest BCUT2D eigenvalue weighted by Crippen LogP contribution is 2.18. The third-order valence-corrected chi connectivity index (χ3v) is 4.40. The molecule has 9 heteroatoms. The van der Waals surface area contributed by atoms with Crippen LogP contribution in [0.25, 0.3) is 0 Å². The lowest BCUT2D eigenvalue weighted by molar-refractivity contribution is -0.153. The van der Waals surface area contributed by atoms with E-state index in [4.69, 9.17) is 4.74 Å². The molecule has 0 saturated carbocycles. The Hall–Kier alpha value is -2.71.